The third-order valence-electron chi connectivity index (χ3n) is 2.49. The molecule has 1 heterocycles. The lowest BCUT2D eigenvalue weighted by atomic mass is 10.2. The summed E-state index contributed by atoms with van der Waals surface area (Å²) >= 11 is 0. The van der Waals surface area contributed by atoms with Crippen LogP contribution in [0.4, 0.5) is 0 Å². The smallest absolute Gasteiger partial charge is 0.203 e. The molecular weight excluding hydrogens is 236 g/mol. The van der Waals surface area contributed by atoms with Crippen molar-refractivity contribution < 1.29 is 19.1 Å². The number of hydrogen-bond acceptors (Lipinski definition) is 5. The van der Waals surface area contributed by atoms with Gasteiger partial charge in [-0.1, -0.05) is 0 Å². The lowest BCUT2D eigenvalue weighted by molar-refractivity contribution is 0.112. The molecule has 18 heavy (non-hydrogen) atoms. The van der Waals surface area contributed by atoms with E-state index in [1.165, 1.54) is 6.07 Å². The summed E-state index contributed by atoms with van der Waals surface area (Å²) in [6.07, 6.45) is 1.22. The monoisotopic (exact) mass is 248 g/mol. The van der Waals surface area contributed by atoms with Gasteiger partial charge in [-0.2, -0.15) is 0 Å². The Morgan fingerprint density at radius 3 is 2.94 bits per heavy atom. The molecule has 2 rings (SSSR count). The number of hydrogen-bond donors (Lipinski definition) is 1. The Bertz CT molecular complexity index is 629. The van der Waals surface area contributed by atoms with Gasteiger partial charge >= 0.3 is 0 Å². The summed E-state index contributed by atoms with van der Waals surface area (Å²) in [6, 6.07) is 4.73. The second-order valence-electron chi connectivity index (χ2n) is 3.91. The van der Waals surface area contributed by atoms with Crippen molar-refractivity contribution in [3.63, 3.8) is 0 Å². The topological polar surface area (TPSA) is 76.7 Å². The summed E-state index contributed by atoms with van der Waals surface area (Å²) in [5.74, 6) is 0.444. The van der Waals surface area contributed by atoms with Crippen LogP contribution in [0.5, 0.6) is 5.75 Å². The molecule has 0 bridgehead atoms. The lowest BCUT2D eigenvalue weighted by Gasteiger charge is -2.11. The van der Waals surface area contributed by atoms with E-state index >= 15 is 0 Å². The van der Waals surface area contributed by atoms with Crippen LogP contribution < -0.4 is 10.2 Å². The molecule has 2 aromatic rings. The lowest BCUT2D eigenvalue weighted by Crippen LogP contribution is -2.16. The zero-order chi connectivity index (χ0) is 13.1. The molecule has 1 atom stereocenters. The molecule has 1 unspecified atom stereocenters. The Hall–Kier alpha value is -2.14. The summed E-state index contributed by atoms with van der Waals surface area (Å²) in [6.45, 7) is 1.58. The van der Waals surface area contributed by atoms with Crippen LogP contribution in [-0.2, 0) is 0 Å². The number of rotatable bonds is 4. The molecule has 0 fully saturated rings. The van der Waals surface area contributed by atoms with E-state index in [9.17, 15) is 9.59 Å². The fourth-order valence-electron chi connectivity index (χ4n) is 1.55. The van der Waals surface area contributed by atoms with Gasteiger partial charge in [0.2, 0.25) is 5.43 Å². The third-order valence-corrected chi connectivity index (χ3v) is 2.49. The molecule has 0 aliphatic heterocycles. The van der Waals surface area contributed by atoms with E-state index in [1.54, 1.807) is 19.1 Å². The molecule has 1 aromatic carbocycles. The van der Waals surface area contributed by atoms with Crippen LogP contribution in [0.25, 0.3) is 11.0 Å². The molecule has 0 spiro atoms. The largest absolute Gasteiger partial charge is 0.488 e. The molecule has 0 saturated carbocycles. The van der Waals surface area contributed by atoms with Gasteiger partial charge in [-0.05, 0) is 25.1 Å². The maximum absolute atomic E-state index is 11.9. The highest BCUT2D eigenvalue weighted by atomic mass is 16.5. The second kappa shape index (κ2) is 5.01. The first-order valence-electron chi connectivity index (χ1n) is 5.44. The molecule has 0 aliphatic carbocycles. The minimum atomic E-state index is -0.395. The highest BCUT2D eigenvalue weighted by Gasteiger charge is 2.09. The minimum absolute atomic E-state index is 0.0325. The fraction of sp³-hybridized carbons (Fsp3) is 0.231. The summed E-state index contributed by atoms with van der Waals surface area (Å²) in [5, 5.41) is 9.17. The van der Waals surface area contributed by atoms with Gasteiger partial charge in [-0.25, -0.2) is 0 Å². The van der Waals surface area contributed by atoms with Crippen molar-refractivity contribution in [2.45, 2.75) is 13.0 Å². The quantitative estimate of drug-likeness (QED) is 0.827. The molecule has 1 aromatic heterocycles. The first-order chi connectivity index (χ1) is 8.65. The Morgan fingerprint density at radius 2 is 2.28 bits per heavy atom. The summed E-state index contributed by atoms with van der Waals surface area (Å²) in [4.78, 5) is 22.5. The van der Waals surface area contributed by atoms with E-state index in [0.717, 1.165) is 6.26 Å². The molecule has 94 valence electrons. The SMILES string of the molecule is CC(CO)Oc1ccc2occ(C=O)c(=O)c2c1. The van der Waals surface area contributed by atoms with Crippen molar-refractivity contribution in [2.24, 2.45) is 0 Å². The van der Waals surface area contributed by atoms with Gasteiger partial charge in [0.05, 0.1) is 17.6 Å². The van der Waals surface area contributed by atoms with Gasteiger partial charge in [0.15, 0.2) is 6.29 Å². The average molecular weight is 248 g/mol. The predicted molar refractivity (Wildman–Crippen MR) is 65.0 cm³/mol. The van der Waals surface area contributed by atoms with E-state index in [-0.39, 0.29) is 23.7 Å². The van der Waals surface area contributed by atoms with Gasteiger partial charge in [0, 0.05) is 0 Å². The molecule has 0 radical (unpaired) electrons. The van der Waals surface area contributed by atoms with Gasteiger partial charge < -0.3 is 14.3 Å². The van der Waals surface area contributed by atoms with Crippen LogP contribution in [0.1, 0.15) is 17.3 Å². The molecule has 0 aliphatic rings. The summed E-state index contributed by atoms with van der Waals surface area (Å²) in [5.41, 5.74) is -0.0437. The Kier molecular flexibility index (Phi) is 3.43. The molecule has 5 nitrogen and oxygen atoms in total. The van der Waals surface area contributed by atoms with Crippen LogP contribution in [-0.4, -0.2) is 24.1 Å². The van der Waals surface area contributed by atoms with Crippen molar-refractivity contribution in [3.05, 3.63) is 40.2 Å². The molecule has 0 amide bonds. The van der Waals surface area contributed by atoms with E-state index < -0.39 is 5.43 Å². The Morgan fingerprint density at radius 1 is 1.50 bits per heavy atom. The number of benzene rings is 1. The van der Waals surface area contributed by atoms with Crippen molar-refractivity contribution in [3.8, 4) is 5.75 Å². The van der Waals surface area contributed by atoms with Crippen molar-refractivity contribution in [1.82, 2.24) is 0 Å². The molecular formula is C13H12O5. The summed E-state index contributed by atoms with van der Waals surface area (Å²) < 4.78 is 10.5. The standard InChI is InChI=1S/C13H12O5/c1-8(5-14)18-10-2-3-12-11(4-10)13(16)9(6-15)7-17-12/h2-4,6-8,14H,5H2,1H3. The summed E-state index contributed by atoms with van der Waals surface area (Å²) in [7, 11) is 0. The Labute approximate surface area is 103 Å². The highest BCUT2D eigenvalue weighted by molar-refractivity contribution is 5.84. The van der Waals surface area contributed by atoms with Crippen molar-refractivity contribution >= 4 is 17.3 Å². The van der Waals surface area contributed by atoms with Crippen LogP contribution in [0, 0.1) is 0 Å². The maximum Gasteiger partial charge on any atom is 0.203 e. The van der Waals surface area contributed by atoms with Gasteiger partial charge in [-0.3, -0.25) is 9.59 Å². The van der Waals surface area contributed by atoms with Crippen LogP contribution >= 0.6 is 0 Å². The fourth-order valence-corrected chi connectivity index (χ4v) is 1.55. The maximum atomic E-state index is 11.9. The van der Waals surface area contributed by atoms with Crippen LogP contribution in [0.15, 0.2) is 33.7 Å². The average Bonchev–Trinajstić information content (AvgIpc) is 2.39. The number of ether oxygens (including phenoxy) is 1. The van der Waals surface area contributed by atoms with Crippen LogP contribution in [0.3, 0.4) is 0 Å². The number of fused-ring (bicyclic) bond motifs is 1. The molecule has 5 heteroatoms. The van der Waals surface area contributed by atoms with Gasteiger partial charge in [0.1, 0.15) is 23.7 Å². The number of aldehydes is 1. The number of carbonyl (C=O) groups excluding carboxylic acids is 1. The zero-order valence-corrected chi connectivity index (χ0v) is 9.75. The van der Waals surface area contributed by atoms with E-state index in [2.05, 4.69) is 0 Å². The zero-order valence-electron chi connectivity index (χ0n) is 9.75. The number of carbonyl (C=O) groups is 1. The Balaban J connectivity index is 2.52. The minimum Gasteiger partial charge on any atom is -0.488 e. The van der Waals surface area contributed by atoms with E-state index in [1.807, 2.05) is 0 Å². The van der Waals surface area contributed by atoms with Gasteiger partial charge in [-0.15, -0.1) is 0 Å². The van der Waals surface area contributed by atoms with E-state index in [4.69, 9.17) is 14.3 Å². The molecule has 1 N–H and O–H groups in total. The second-order valence-corrected chi connectivity index (χ2v) is 3.91. The predicted octanol–water partition coefficient (Wildman–Crippen LogP) is 1.37. The molecule has 0 saturated heterocycles. The number of aliphatic hydroxyl groups is 1. The third kappa shape index (κ3) is 2.26. The van der Waals surface area contributed by atoms with E-state index in [0.29, 0.717) is 17.6 Å². The van der Waals surface area contributed by atoms with Crippen molar-refractivity contribution in [2.75, 3.05) is 6.61 Å². The van der Waals surface area contributed by atoms with Crippen LogP contribution in [0.2, 0.25) is 0 Å². The highest BCUT2D eigenvalue weighted by Crippen LogP contribution is 2.19. The van der Waals surface area contributed by atoms with Crippen molar-refractivity contribution in [1.29, 1.82) is 0 Å². The van der Waals surface area contributed by atoms with Gasteiger partial charge in [0.25, 0.3) is 0 Å². The first kappa shape index (κ1) is 12.3. The number of aliphatic hydroxyl groups excluding tert-OH is 1. The normalized spacial score (nSPS) is 12.3. The first-order valence-corrected chi connectivity index (χ1v) is 5.44.